The lowest BCUT2D eigenvalue weighted by atomic mass is 9.91. The fraction of sp³-hybridized carbons (Fsp3) is 0.500. The lowest BCUT2D eigenvalue weighted by molar-refractivity contribution is 0.0488. The first-order valence-corrected chi connectivity index (χ1v) is 11.8. The summed E-state index contributed by atoms with van der Waals surface area (Å²) in [5.74, 6) is 0. The molecule has 2 bridgehead atoms. The standard InChI is InChI=1S/C24H29N3O2S/c1-14-15(2)23(29)16(3)24-22(14)25-20-8-7-17(11-21(20)30-24)26-12-18-5-4-6-19(13-26)27(18)9-10-28/h7-8,11,18-19,28H,4-6,9-10,12-13H2,1-3H3. The molecule has 2 saturated heterocycles. The van der Waals surface area contributed by atoms with Crippen molar-refractivity contribution in [2.75, 3.05) is 31.1 Å². The van der Waals surface area contributed by atoms with Crippen molar-refractivity contribution < 1.29 is 5.11 Å². The highest BCUT2D eigenvalue weighted by Crippen LogP contribution is 2.37. The highest BCUT2D eigenvalue weighted by atomic mass is 32.1. The Labute approximate surface area is 181 Å². The van der Waals surface area contributed by atoms with Gasteiger partial charge in [-0.3, -0.25) is 9.69 Å². The molecule has 1 aromatic carbocycles. The summed E-state index contributed by atoms with van der Waals surface area (Å²) in [6.07, 6.45) is 3.70. The second kappa shape index (κ2) is 7.59. The highest BCUT2D eigenvalue weighted by Gasteiger charge is 2.37. The summed E-state index contributed by atoms with van der Waals surface area (Å²) in [4.78, 5) is 23.6. The van der Waals surface area contributed by atoms with Gasteiger partial charge in [0.25, 0.3) is 0 Å². The summed E-state index contributed by atoms with van der Waals surface area (Å²) in [6.45, 7) is 8.87. The minimum Gasteiger partial charge on any atom is -0.395 e. The van der Waals surface area contributed by atoms with Gasteiger partial charge in [-0.05, 0) is 57.4 Å². The number of rotatable bonds is 3. The molecule has 5 rings (SSSR count). The van der Waals surface area contributed by atoms with E-state index in [9.17, 15) is 9.90 Å². The van der Waals surface area contributed by atoms with Crippen molar-refractivity contribution in [3.8, 4) is 10.6 Å². The van der Waals surface area contributed by atoms with Gasteiger partial charge in [-0.25, -0.2) is 4.98 Å². The van der Waals surface area contributed by atoms with E-state index in [1.807, 2.05) is 20.8 Å². The Morgan fingerprint density at radius 1 is 1.10 bits per heavy atom. The molecule has 30 heavy (non-hydrogen) atoms. The van der Waals surface area contributed by atoms with Crippen LogP contribution in [0.4, 0.5) is 5.69 Å². The van der Waals surface area contributed by atoms with E-state index in [-0.39, 0.29) is 12.0 Å². The van der Waals surface area contributed by atoms with Crippen LogP contribution in [-0.2, 0) is 0 Å². The van der Waals surface area contributed by atoms with Gasteiger partial charge in [-0.1, -0.05) is 6.42 Å². The molecule has 3 heterocycles. The number of fused-ring (bicyclic) bond motifs is 4. The number of aliphatic hydroxyl groups excluding tert-OH is 1. The largest absolute Gasteiger partial charge is 0.395 e. The predicted octanol–water partition coefficient (Wildman–Crippen LogP) is 3.72. The molecule has 0 spiro atoms. The Kier molecular flexibility index (Phi) is 5.04. The average Bonchev–Trinajstić information content (AvgIpc) is 2.75. The second-order valence-corrected chi connectivity index (χ2v) is 9.90. The maximum atomic E-state index is 12.6. The molecule has 0 saturated carbocycles. The van der Waals surface area contributed by atoms with E-state index in [0.29, 0.717) is 12.1 Å². The van der Waals surface area contributed by atoms with Crippen LogP contribution in [0.3, 0.4) is 0 Å². The molecule has 2 fully saturated rings. The molecule has 1 aliphatic carbocycles. The number of nitrogens with zero attached hydrogens (tertiary/aromatic N) is 3. The van der Waals surface area contributed by atoms with Gasteiger partial charge in [0.1, 0.15) is 0 Å². The molecule has 5 nitrogen and oxygen atoms in total. The molecule has 3 aliphatic heterocycles. The Morgan fingerprint density at radius 3 is 2.53 bits per heavy atom. The molecule has 1 N–H and O–H groups in total. The average molecular weight is 424 g/mol. The van der Waals surface area contributed by atoms with Crippen molar-refractivity contribution in [1.82, 2.24) is 9.88 Å². The van der Waals surface area contributed by atoms with Crippen LogP contribution in [0.25, 0.3) is 20.8 Å². The second-order valence-electron chi connectivity index (χ2n) is 8.85. The first kappa shape index (κ1) is 19.9. The SMILES string of the molecule is Cc1c2nc3ccc(N4CC5CCCC(C4)N5CCO)cc3sc-2c(C)c(=O)c1C. The van der Waals surface area contributed by atoms with E-state index in [1.165, 1.54) is 24.9 Å². The van der Waals surface area contributed by atoms with E-state index < -0.39 is 0 Å². The molecule has 4 aliphatic rings. The Hall–Kier alpha value is -2.02. The third-order valence-electron chi connectivity index (χ3n) is 7.14. The minimum absolute atomic E-state index is 0.140. The number of anilines is 1. The van der Waals surface area contributed by atoms with Gasteiger partial charge in [0, 0.05) is 48.5 Å². The molecular formula is C24H29N3O2S. The van der Waals surface area contributed by atoms with Crippen LogP contribution in [0.5, 0.6) is 0 Å². The summed E-state index contributed by atoms with van der Waals surface area (Å²) in [6, 6.07) is 7.63. The van der Waals surface area contributed by atoms with Crippen LogP contribution >= 0.6 is 11.3 Å². The van der Waals surface area contributed by atoms with Crippen molar-refractivity contribution in [2.24, 2.45) is 0 Å². The lowest BCUT2D eigenvalue weighted by Crippen LogP contribution is -2.61. The molecule has 6 heteroatoms. The fourth-order valence-corrected chi connectivity index (χ4v) is 6.49. The van der Waals surface area contributed by atoms with E-state index in [0.717, 1.165) is 57.1 Å². The first-order chi connectivity index (χ1) is 14.5. The predicted molar refractivity (Wildman–Crippen MR) is 124 cm³/mol. The smallest absolute Gasteiger partial charge is 0.186 e. The first-order valence-electron chi connectivity index (χ1n) is 10.9. The van der Waals surface area contributed by atoms with Crippen molar-refractivity contribution in [3.63, 3.8) is 0 Å². The van der Waals surface area contributed by atoms with Crippen LogP contribution in [0.1, 0.15) is 36.0 Å². The molecule has 2 atom stereocenters. The number of aliphatic hydroxyl groups is 1. The third-order valence-corrected chi connectivity index (χ3v) is 8.39. The van der Waals surface area contributed by atoms with Crippen LogP contribution in [0, 0.1) is 20.8 Å². The highest BCUT2D eigenvalue weighted by molar-refractivity contribution is 7.21. The summed E-state index contributed by atoms with van der Waals surface area (Å²) < 4.78 is 1.13. The third kappa shape index (κ3) is 3.13. The normalized spacial score (nSPS) is 22.2. The van der Waals surface area contributed by atoms with Crippen LogP contribution in [-0.4, -0.2) is 53.3 Å². The van der Waals surface area contributed by atoms with E-state index in [2.05, 4.69) is 28.0 Å². The summed E-state index contributed by atoms with van der Waals surface area (Å²) in [5, 5.41) is 9.46. The summed E-state index contributed by atoms with van der Waals surface area (Å²) >= 11 is 1.69. The Balaban J connectivity index is 1.55. The van der Waals surface area contributed by atoms with Gasteiger partial charge in [0.05, 0.1) is 27.4 Å². The molecule has 158 valence electrons. The number of hydrogen-bond acceptors (Lipinski definition) is 6. The zero-order valence-electron chi connectivity index (χ0n) is 17.9. The van der Waals surface area contributed by atoms with Gasteiger partial charge in [-0.15, -0.1) is 11.3 Å². The van der Waals surface area contributed by atoms with Crippen molar-refractivity contribution in [2.45, 2.75) is 52.1 Å². The quantitative estimate of drug-likeness (QED) is 0.651. The molecule has 0 aromatic heterocycles. The van der Waals surface area contributed by atoms with Gasteiger partial charge in [0.2, 0.25) is 0 Å². The topological polar surface area (TPSA) is 56.7 Å². The van der Waals surface area contributed by atoms with Crippen molar-refractivity contribution in [3.05, 3.63) is 45.1 Å². The monoisotopic (exact) mass is 423 g/mol. The number of aromatic nitrogens is 1. The molecular weight excluding hydrogens is 394 g/mol. The van der Waals surface area contributed by atoms with E-state index in [4.69, 9.17) is 4.98 Å². The molecule has 1 aromatic rings. The summed E-state index contributed by atoms with van der Waals surface area (Å²) in [5.41, 5.74) is 5.95. The minimum atomic E-state index is 0.140. The maximum Gasteiger partial charge on any atom is 0.186 e. The Morgan fingerprint density at radius 2 is 1.83 bits per heavy atom. The van der Waals surface area contributed by atoms with E-state index >= 15 is 0 Å². The number of piperidine rings is 1. The summed E-state index contributed by atoms with van der Waals surface area (Å²) in [7, 11) is 0. The fourth-order valence-electron chi connectivity index (χ4n) is 5.33. The zero-order valence-corrected chi connectivity index (χ0v) is 18.8. The van der Waals surface area contributed by atoms with Gasteiger partial charge in [0.15, 0.2) is 5.43 Å². The van der Waals surface area contributed by atoms with Gasteiger partial charge < -0.3 is 10.0 Å². The van der Waals surface area contributed by atoms with Gasteiger partial charge >= 0.3 is 0 Å². The number of benzene rings is 2. The number of hydrogen-bond donors (Lipinski definition) is 1. The van der Waals surface area contributed by atoms with E-state index in [1.54, 1.807) is 11.3 Å². The van der Waals surface area contributed by atoms with Gasteiger partial charge in [-0.2, -0.15) is 0 Å². The molecule has 0 amide bonds. The maximum absolute atomic E-state index is 12.6. The van der Waals surface area contributed by atoms with Crippen LogP contribution in [0.15, 0.2) is 23.0 Å². The Bertz CT molecular complexity index is 1130. The van der Waals surface area contributed by atoms with Crippen LogP contribution < -0.4 is 10.3 Å². The van der Waals surface area contributed by atoms with Crippen LogP contribution in [0.2, 0.25) is 0 Å². The molecule has 2 unspecified atom stereocenters. The molecule has 0 radical (unpaired) electrons. The number of piperazine rings is 1. The zero-order chi connectivity index (χ0) is 21.0. The lowest BCUT2D eigenvalue weighted by Gasteiger charge is -2.50. The van der Waals surface area contributed by atoms with Crippen molar-refractivity contribution in [1.29, 1.82) is 0 Å². The van der Waals surface area contributed by atoms with Crippen molar-refractivity contribution >= 4 is 27.2 Å².